The van der Waals surface area contributed by atoms with Gasteiger partial charge in [-0.25, -0.2) is 0 Å². The monoisotopic (exact) mass is 398 g/mol. The average Bonchev–Trinajstić information content (AvgIpc) is 2.75. The standard InChI is InChI=1S/C23H30N2O4/c1-4-29-21-10-9-19(15-22(21)27-3)23(26)24-20(16-25-11-13-28-14-12-25)18-7-5-17(2)6-8-18/h5-10,15,20H,4,11-14,16H2,1-3H3,(H,24,26)/t20-/m1/s1. The molecule has 0 spiro atoms. The number of hydrogen-bond donors (Lipinski definition) is 1. The SMILES string of the molecule is CCOc1ccc(C(=O)N[C@H](CN2CCOCC2)c2ccc(C)cc2)cc1OC. The van der Waals surface area contributed by atoms with E-state index in [9.17, 15) is 4.79 Å². The van der Waals surface area contributed by atoms with Gasteiger partial charge >= 0.3 is 0 Å². The second-order valence-corrected chi connectivity index (χ2v) is 7.15. The number of amides is 1. The van der Waals surface area contributed by atoms with Gasteiger partial charge in [-0.05, 0) is 37.6 Å². The van der Waals surface area contributed by atoms with Crippen molar-refractivity contribution in [2.24, 2.45) is 0 Å². The predicted octanol–water partition coefficient (Wildman–Crippen LogP) is 3.21. The molecule has 1 aliphatic heterocycles. The van der Waals surface area contributed by atoms with E-state index in [1.807, 2.05) is 6.92 Å². The van der Waals surface area contributed by atoms with Crippen molar-refractivity contribution in [1.29, 1.82) is 0 Å². The zero-order valence-corrected chi connectivity index (χ0v) is 17.4. The van der Waals surface area contributed by atoms with Crippen molar-refractivity contribution >= 4 is 5.91 Å². The fraction of sp³-hybridized carbons (Fsp3) is 0.435. The Balaban J connectivity index is 1.78. The van der Waals surface area contributed by atoms with E-state index in [1.165, 1.54) is 5.56 Å². The molecule has 1 saturated heterocycles. The fourth-order valence-electron chi connectivity index (χ4n) is 3.40. The molecule has 1 aliphatic rings. The molecule has 3 rings (SSSR count). The Labute approximate surface area is 172 Å². The minimum Gasteiger partial charge on any atom is -0.493 e. The minimum absolute atomic E-state index is 0.112. The Morgan fingerprint density at radius 2 is 1.86 bits per heavy atom. The first kappa shape index (κ1) is 21.1. The maximum atomic E-state index is 13.0. The first-order chi connectivity index (χ1) is 14.1. The number of methoxy groups -OCH3 is 1. The van der Waals surface area contributed by atoms with E-state index in [2.05, 4.69) is 41.4 Å². The van der Waals surface area contributed by atoms with E-state index < -0.39 is 0 Å². The maximum absolute atomic E-state index is 13.0. The summed E-state index contributed by atoms with van der Waals surface area (Å²) in [4.78, 5) is 15.4. The molecule has 1 heterocycles. The lowest BCUT2D eigenvalue weighted by molar-refractivity contribution is 0.0332. The normalized spacial score (nSPS) is 15.6. The minimum atomic E-state index is -0.134. The molecule has 2 aromatic carbocycles. The third kappa shape index (κ3) is 5.71. The van der Waals surface area contributed by atoms with Crippen molar-refractivity contribution in [3.05, 3.63) is 59.2 Å². The fourth-order valence-corrected chi connectivity index (χ4v) is 3.40. The molecule has 6 nitrogen and oxygen atoms in total. The number of ether oxygens (including phenoxy) is 3. The molecule has 0 aliphatic carbocycles. The van der Waals surface area contributed by atoms with Crippen LogP contribution >= 0.6 is 0 Å². The molecule has 0 saturated carbocycles. The molecule has 1 fully saturated rings. The quantitative estimate of drug-likeness (QED) is 0.740. The Morgan fingerprint density at radius 3 is 2.52 bits per heavy atom. The van der Waals surface area contributed by atoms with Crippen molar-refractivity contribution in [3.63, 3.8) is 0 Å². The van der Waals surface area contributed by atoms with Gasteiger partial charge in [0.15, 0.2) is 11.5 Å². The molecule has 1 N–H and O–H groups in total. The third-order valence-electron chi connectivity index (χ3n) is 5.06. The summed E-state index contributed by atoms with van der Waals surface area (Å²) in [6.45, 7) is 8.45. The number of hydrogen-bond acceptors (Lipinski definition) is 5. The van der Waals surface area contributed by atoms with Crippen molar-refractivity contribution in [2.75, 3.05) is 46.6 Å². The van der Waals surface area contributed by atoms with Crippen LogP contribution < -0.4 is 14.8 Å². The summed E-state index contributed by atoms with van der Waals surface area (Å²) in [6, 6.07) is 13.5. The zero-order valence-electron chi connectivity index (χ0n) is 17.4. The van der Waals surface area contributed by atoms with Crippen molar-refractivity contribution in [1.82, 2.24) is 10.2 Å². The van der Waals surface area contributed by atoms with Crippen LogP contribution in [0.1, 0.15) is 34.5 Å². The van der Waals surface area contributed by atoms with Gasteiger partial charge in [0.2, 0.25) is 0 Å². The van der Waals surface area contributed by atoms with E-state index >= 15 is 0 Å². The highest BCUT2D eigenvalue weighted by Crippen LogP contribution is 2.28. The zero-order chi connectivity index (χ0) is 20.6. The van der Waals surface area contributed by atoms with Crippen LogP contribution in [-0.4, -0.2) is 57.4 Å². The lowest BCUT2D eigenvalue weighted by Crippen LogP contribution is -2.43. The Kier molecular flexibility index (Phi) is 7.49. The van der Waals surface area contributed by atoms with Gasteiger partial charge in [0, 0.05) is 25.2 Å². The highest BCUT2D eigenvalue weighted by Gasteiger charge is 2.21. The molecule has 0 unspecified atom stereocenters. The summed E-state index contributed by atoms with van der Waals surface area (Å²) in [5.41, 5.74) is 2.83. The number of morpholine rings is 1. The summed E-state index contributed by atoms with van der Waals surface area (Å²) in [7, 11) is 1.58. The predicted molar refractivity (Wildman–Crippen MR) is 113 cm³/mol. The lowest BCUT2D eigenvalue weighted by Gasteiger charge is -2.31. The summed E-state index contributed by atoms with van der Waals surface area (Å²) in [5, 5.41) is 3.20. The third-order valence-corrected chi connectivity index (χ3v) is 5.06. The molecular weight excluding hydrogens is 368 g/mol. The Bertz CT molecular complexity index is 801. The van der Waals surface area contributed by atoms with Crippen molar-refractivity contribution in [2.45, 2.75) is 19.9 Å². The van der Waals surface area contributed by atoms with Crippen LogP contribution in [-0.2, 0) is 4.74 Å². The molecule has 1 amide bonds. The Morgan fingerprint density at radius 1 is 1.14 bits per heavy atom. The number of carbonyl (C=O) groups excluding carboxylic acids is 1. The highest BCUT2D eigenvalue weighted by molar-refractivity contribution is 5.95. The van der Waals surface area contributed by atoms with E-state index in [0.717, 1.165) is 38.4 Å². The van der Waals surface area contributed by atoms with Gasteiger partial charge in [-0.2, -0.15) is 0 Å². The molecule has 1 atom stereocenters. The summed E-state index contributed by atoms with van der Waals surface area (Å²) >= 11 is 0. The average molecular weight is 399 g/mol. The van der Waals surface area contributed by atoms with E-state index in [-0.39, 0.29) is 11.9 Å². The first-order valence-corrected chi connectivity index (χ1v) is 10.1. The maximum Gasteiger partial charge on any atom is 0.251 e. The lowest BCUT2D eigenvalue weighted by atomic mass is 10.0. The van der Waals surface area contributed by atoms with Gasteiger partial charge < -0.3 is 19.5 Å². The smallest absolute Gasteiger partial charge is 0.251 e. The number of rotatable bonds is 8. The molecule has 0 radical (unpaired) electrons. The van der Waals surface area contributed by atoms with Gasteiger partial charge in [0.1, 0.15) is 0 Å². The van der Waals surface area contributed by atoms with Gasteiger partial charge in [-0.3, -0.25) is 9.69 Å². The Hall–Kier alpha value is -2.57. The number of nitrogens with one attached hydrogen (secondary N) is 1. The molecule has 29 heavy (non-hydrogen) atoms. The van der Waals surface area contributed by atoms with Crippen LogP contribution in [0.4, 0.5) is 0 Å². The largest absolute Gasteiger partial charge is 0.493 e. The van der Waals surface area contributed by atoms with Crippen LogP contribution in [0.5, 0.6) is 11.5 Å². The van der Waals surface area contributed by atoms with E-state index in [0.29, 0.717) is 23.7 Å². The van der Waals surface area contributed by atoms with Crippen LogP contribution in [0.15, 0.2) is 42.5 Å². The molecule has 2 aromatic rings. The molecular formula is C23H30N2O4. The first-order valence-electron chi connectivity index (χ1n) is 10.1. The molecule has 6 heteroatoms. The number of carbonyl (C=O) groups is 1. The summed E-state index contributed by atoms with van der Waals surface area (Å²) in [6.07, 6.45) is 0. The van der Waals surface area contributed by atoms with Gasteiger partial charge in [-0.1, -0.05) is 29.8 Å². The van der Waals surface area contributed by atoms with Crippen LogP contribution in [0.25, 0.3) is 0 Å². The topological polar surface area (TPSA) is 60.0 Å². The van der Waals surface area contributed by atoms with E-state index in [4.69, 9.17) is 14.2 Å². The molecule has 0 bridgehead atoms. The van der Waals surface area contributed by atoms with Gasteiger partial charge in [0.25, 0.3) is 5.91 Å². The van der Waals surface area contributed by atoms with Crippen molar-refractivity contribution in [3.8, 4) is 11.5 Å². The van der Waals surface area contributed by atoms with E-state index in [1.54, 1.807) is 25.3 Å². The second kappa shape index (κ2) is 10.3. The molecule has 156 valence electrons. The van der Waals surface area contributed by atoms with Gasteiger partial charge in [0.05, 0.1) is 33.0 Å². The molecule has 0 aromatic heterocycles. The van der Waals surface area contributed by atoms with Crippen LogP contribution in [0.2, 0.25) is 0 Å². The summed E-state index contributed by atoms with van der Waals surface area (Å²) in [5.74, 6) is 1.06. The highest BCUT2D eigenvalue weighted by atomic mass is 16.5. The van der Waals surface area contributed by atoms with Crippen LogP contribution in [0.3, 0.4) is 0 Å². The summed E-state index contributed by atoms with van der Waals surface area (Å²) < 4.78 is 16.4. The number of nitrogens with zero attached hydrogens (tertiary/aromatic N) is 1. The second-order valence-electron chi connectivity index (χ2n) is 7.15. The number of aryl methyl sites for hydroxylation is 1. The van der Waals surface area contributed by atoms with Gasteiger partial charge in [-0.15, -0.1) is 0 Å². The van der Waals surface area contributed by atoms with Crippen molar-refractivity contribution < 1.29 is 19.0 Å². The van der Waals surface area contributed by atoms with Crippen LogP contribution in [0, 0.1) is 6.92 Å². The number of benzene rings is 2.